The lowest BCUT2D eigenvalue weighted by Gasteiger charge is -2.22. The second kappa shape index (κ2) is 6.46. The highest BCUT2D eigenvalue weighted by Gasteiger charge is 2.42. The van der Waals surface area contributed by atoms with Crippen LogP contribution in [0.1, 0.15) is 11.3 Å². The molecule has 0 bridgehead atoms. The summed E-state index contributed by atoms with van der Waals surface area (Å²) in [5.74, 6) is -1.94. The van der Waals surface area contributed by atoms with E-state index in [9.17, 15) is 22.8 Å². The number of nitrogens with zero attached hydrogens (tertiary/aromatic N) is 2. The molecular formula is C13H15F3N2O2S. The molecule has 1 fully saturated rings. The molecule has 4 nitrogen and oxygen atoms in total. The molecule has 116 valence electrons. The van der Waals surface area contributed by atoms with Crippen LogP contribution in [-0.4, -0.2) is 54.0 Å². The van der Waals surface area contributed by atoms with Crippen molar-refractivity contribution in [3.05, 3.63) is 22.4 Å². The van der Waals surface area contributed by atoms with Gasteiger partial charge >= 0.3 is 12.1 Å². The molecule has 21 heavy (non-hydrogen) atoms. The molecule has 1 aromatic rings. The molecule has 0 radical (unpaired) electrons. The molecule has 2 amide bonds. The van der Waals surface area contributed by atoms with Gasteiger partial charge in [-0.15, -0.1) is 11.3 Å². The molecule has 1 saturated heterocycles. The lowest BCUT2D eigenvalue weighted by atomic mass is 10.3. The van der Waals surface area contributed by atoms with E-state index in [1.54, 1.807) is 0 Å². The van der Waals surface area contributed by atoms with Gasteiger partial charge in [0, 0.05) is 31.1 Å². The van der Waals surface area contributed by atoms with Crippen LogP contribution in [0.4, 0.5) is 13.2 Å². The lowest BCUT2D eigenvalue weighted by Crippen LogP contribution is -2.43. The van der Waals surface area contributed by atoms with Crippen molar-refractivity contribution in [3.63, 3.8) is 0 Å². The Kier molecular flexibility index (Phi) is 4.87. The molecule has 0 unspecified atom stereocenters. The zero-order valence-electron chi connectivity index (χ0n) is 11.2. The summed E-state index contributed by atoms with van der Waals surface area (Å²) in [7, 11) is 0. The number of rotatable bonds is 2. The maximum atomic E-state index is 12.4. The summed E-state index contributed by atoms with van der Waals surface area (Å²) < 4.78 is 37.2. The van der Waals surface area contributed by atoms with Crippen LogP contribution in [0.2, 0.25) is 0 Å². The van der Waals surface area contributed by atoms with Crippen molar-refractivity contribution in [2.24, 2.45) is 0 Å². The highest BCUT2D eigenvalue weighted by Crippen LogP contribution is 2.20. The molecule has 0 N–H and O–H groups in total. The zero-order chi connectivity index (χ0) is 15.5. The molecular weight excluding hydrogens is 305 g/mol. The summed E-state index contributed by atoms with van der Waals surface area (Å²) in [6.07, 6.45) is -4.24. The second-order valence-corrected chi connectivity index (χ2v) is 5.81. The van der Waals surface area contributed by atoms with Gasteiger partial charge < -0.3 is 9.80 Å². The van der Waals surface area contributed by atoms with E-state index in [2.05, 4.69) is 0 Å². The Hall–Kier alpha value is -1.57. The molecule has 2 heterocycles. The van der Waals surface area contributed by atoms with E-state index < -0.39 is 12.1 Å². The molecule has 1 aliphatic rings. The minimum absolute atomic E-state index is 0.0289. The SMILES string of the molecule is O=C(Cc1cccs1)N1CCCN(C(=O)C(F)(F)F)CC1. The monoisotopic (exact) mass is 320 g/mol. The van der Waals surface area contributed by atoms with Crippen LogP contribution in [0.3, 0.4) is 0 Å². The normalized spacial score (nSPS) is 16.7. The summed E-state index contributed by atoms with van der Waals surface area (Å²) in [6, 6.07) is 3.69. The summed E-state index contributed by atoms with van der Waals surface area (Å²) in [6.45, 7) is 0.480. The number of carbonyl (C=O) groups is 2. The van der Waals surface area contributed by atoms with Crippen LogP contribution < -0.4 is 0 Å². The van der Waals surface area contributed by atoms with Crippen LogP contribution in [0.15, 0.2) is 17.5 Å². The van der Waals surface area contributed by atoms with Crippen LogP contribution in [0.5, 0.6) is 0 Å². The van der Waals surface area contributed by atoms with Crippen LogP contribution >= 0.6 is 11.3 Å². The number of amides is 2. The summed E-state index contributed by atoms with van der Waals surface area (Å²) in [5.41, 5.74) is 0. The molecule has 8 heteroatoms. The average molecular weight is 320 g/mol. The number of thiophene rings is 1. The molecule has 2 rings (SSSR count). The number of hydrogen-bond acceptors (Lipinski definition) is 3. The third-order valence-electron chi connectivity index (χ3n) is 3.28. The molecule has 0 spiro atoms. The third-order valence-corrected chi connectivity index (χ3v) is 4.16. The van der Waals surface area contributed by atoms with Gasteiger partial charge in [0.25, 0.3) is 0 Å². The Balaban J connectivity index is 1.91. The van der Waals surface area contributed by atoms with Crippen molar-refractivity contribution in [1.82, 2.24) is 9.80 Å². The van der Waals surface area contributed by atoms with Crippen molar-refractivity contribution in [3.8, 4) is 0 Å². The fourth-order valence-electron chi connectivity index (χ4n) is 2.22. The molecule has 0 atom stereocenters. The lowest BCUT2D eigenvalue weighted by molar-refractivity contribution is -0.185. The van der Waals surface area contributed by atoms with Crippen LogP contribution in [-0.2, 0) is 16.0 Å². The predicted octanol–water partition coefficient (Wildman–Crippen LogP) is 1.91. The van der Waals surface area contributed by atoms with Gasteiger partial charge in [-0.1, -0.05) is 6.07 Å². The van der Waals surface area contributed by atoms with E-state index in [4.69, 9.17) is 0 Å². The fourth-order valence-corrected chi connectivity index (χ4v) is 2.92. The van der Waals surface area contributed by atoms with Gasteiger partial charge in [0.05, 0.1) is 6.42 Å². The molecule has 0 aromatic carbocycles. The van der Waals surface area contributed by atoms with Gasteiger partial charge in [0.15, 0.2) is 0 Å². The van der Waals surface area contributed by atoms with Crippen molar-refractivity contribution in [1.29, 1.82) is 0 Å². The van der Waals surface area contributed by atoms with E-state index in [0.717, 1.165) is 9.78 Å². The van der Waals surface area contributed by atoms with E-state index in [-0.39, 0.29) is 32.0 Å². The number of carbonyl (C=O) groups excluding carboxylic acids is 2. The van der Waals surface area contributed by atoms with E-state index in [1.807, 2.05) is 17.5 Å². The van der Waals surface area contributed by atoms with Gasteiger partial charge in [0.2, 0.25) is 5.91 Å². The van der Waals surface area contributed by atoms with Crippen LogP contribution in [0, 0.1) is 0 Å². The minimum atomic E-state index is -4.85. The smallest absolute Gasteiger partial charge is 0.341 e. The van der Waals surface area contributed by atoms with Gasteiger partial charge in [-0.25, -0.2) is 0 Å². The maximum absolute atomic E-state index is 12.4. The molecule has 0 saturated carbocycles. The van der Waals surface area contributed by atoms with Crippen molar-refractivity contribution >= 4 is 23.2 Å². The first-order valence-corrected chi connectivity index (χ1v) is 7.42. The number of alkyl halides is 3. The summed E-state index contributed by atoms with van der Waals surface area (Å²) in [5, 5.41) is 1.87. The maximum Gasteiger partial charge on any atom is 0.471 e. The minimum Gasteiger partial charge on any atom is -0.341 e. The summed E-state index contributed by atoms with van der Waals surface area (Å²) >= 11 is 1.47. The Morgan fingerprint density at radius 3 is 2.43 bits per heavy atom. The van der Waals surface area contributed by atoms with Gasteiger partial charge in [-0.05, 0) is 17.9 Å². The second-order valence-electron chi connectivity index (χ2n) is 4.78. The first-order valence-electron chi connectivity index (χ1n) is 6.54. The fraction of sp³-hybridized carbons (Fsp3) is 0.538. The largest absolute Gasteiger partial charge is 0.471 e. The van der Waals surface area contributed by atoms with Gasteiger partial charge in [-0.3, -0.25) is 9.59 Å². The van der Waals surface area contributed by atoms with E-state index >= 15 is 0 Å². The third kappa shape index (κ3) is 4.20. The zero-order valence-corrected chi connectivity index (χ0v) is 12.0. The van der Waals surface area contributed by atoms with Crippen molar-refractivity contribution in [2.75, 3.05) is 26.2 Å². The Labute approximate surface area is 124 Å². The number of hydrogen-bond donors (Lipinski definition) is 0. The first kappa shape index (κ1) is 15.8. The van der Waals surface area contributed by atoms with E-state index in [1.165, 1.54) is 16.2 Å². The molecule has 0 aliphatic carbocycles. The number of halogens is 3. The van der Waals surface area contributed by atoms with E-state index in [0.29, 0.717) is 13.0 Å². The topological polar surface area (TPSA) is 40.6 Å². The van der Waals surface area contributed by atoms with Crippen molar-refractivity contribution in [2.45, 2.75) is 19.0 Å². The standard InChI is InChI=1S/C13H15F3N2O2S/c14-13(15,16)12(20)18-5-2-4-17(6-7-18)11(19)9-10-3-1-8-21-10/h1,3,8H,2,4-7,9H2. The molecule has 1 aliphatic heterocycles. The first-order chi connectivity index (χ1) is 9.88. The highest BCUT2D eigenvalue weighted by atomic mass is 32.1. The predicted molar refractivity (Wildman–Crippen MR) is 71.9 cm³/mol. The quantitative estimate of drug-likeness (QED) is 0.835. The van der Waals surface area contributed by atoms with Gasteiger partial charge in [0.1, 0.15) is 0 Å². The Morgan fingerprint density at radius 2 is 1.81 bits per heavy atom. The summed E-state index contributed by atoms with van der Waals surface area (Å²) in [4.78, 5) is 26.5. The highest BCUT2D eigenvalue weighted by molar-refractivity contribution is 7.10. The molecule has 1 aromatic heterocycles. The van der Waals surface area contributed by atoms with Crippen molar-refractivity contribution < 1.29 is 22.8 Å². The average Bonchev–Trinajstić information content (AvgIpc) is 2.78. The Bertz CT molecular complexity index is 502. The van der Waals surface area contributed by atoms with Crippen LogP contribution in [0.25, 0.3) is 0 Å². The Morgan fingerprint density at radius 1 is 1.14 bits per heavy atom. The van der Waals surface area contributed by atoms with Gasteiger partial charge in [-0.2, -0.15) is 13.2 Å².